The number of carbonyl (C=O) groups is 1. The van der Waals surface area contributed by atoms with Gasteiger partial charge in [0.2, 0.25) is 5.91 Å². The Labute approximate surface area is 122 Å². The first-order valence-corrected chi connectivity index (χ1v) is 8.86. The predicted molar refractivity (Wildman–Crippen MR) is 76.1 cm³/mol. The van der Waals surface area contributed by atoms with Gasteiger partial charge in [0.1, 0.15) is 4.21 Å². The third kappa shape index (κ3) is 4.55. The molecule has 1 fully saturated rings. The fourth-order valence-electron chi connectivity index (χ4n) is 1.91. The Kier molecular flexibility index (Phi) is 5.53. The molecule has 0 spiro atoms. The topological polar surface area (TPSA) is 84.5 Å². The molecule has 1 aromatic rings. The number of thiophene rings is 1. The highest BCUT2D eigenvalue weighted by Crippen LogP contribution is 2.15. The number of rotatable bonds is 6. The van der Waals surface area contributed by atoms with E-state index in [1.54, 1.807) is 11.4 Å². The summed E-state index contributed by atoms with van der Waals surface area (Å²) in [4.78, 5) is 11.6. The van der Waals surface area contributed by atoms with Gasteiger partial charge in [-0.25, -0.2) is 13.1 Å². The molecule has 0 aliphatic carbocycles. The Morgan fingerprint density at radius 2 is 2.30 bits per heavy atom. The summed E-state index contributed by atoms with van der Waals surface area (Å²) < 4.78 is 31.6. The van der Waals surface area contributed by atoms with Gasteiger partial charge < -0.3 is 10.1 Å². The number of hydrogen-bond donors (Lipinski definition) is 2. The number of ether oxygens (including phenoxy) is 1. The standard InChI is InChI=1S/C12H18N2O4S2/c15-11(13-8-10-4-1-2-6-18-10)9-14-20(16,17)12-5-3-7-19-12/h3,5,7,10,14H,1-2,4,6,8-9H2,(H,13,15). The number of sulfonamides is 1. The van der Waals surface area contributed by atoms with Gasteiger partial charge >= 0.3 is 0 Å². The SMILES string of the molecule is O=C(CNS(=O)(=O)c1cccs1)NCC1CCCCO1. The van der Waals surface area contributed by atoms with Crippen molar-refractivity contribution in [1.82, 2.24) is 10.0 Å². The maximum absolute atomic E-state index is 11.8. The van der Waals surface area contributed by atoms with Crippen LogP contribution in [0.2, 0.25) is 0 Å². The Morgan fingerprint density at radius 3 is 2.95 bits per heavy atom. The molecule has 1 amide bonds. The molecule has 1 atom stereocenters. The van der Waals surface area contributed by atoms with Gasteiger partial charge in [0.15, 0.2) is 0 Å². The third-order valence-electron chi connectivity index (χ3n) is 2.98. The summed E-state index contributed by atoms with van der Waals surface area (Å²) >= 11 is 1.12. The monoisotopic (exact) mass is 318 g/mol. The maximum Gasteiger partial charge on any atom is 0.250 e. The minimum Gasteiger partial charge on any atom is -0.376 e. The van der Waals surface area contributed by atoms with Crippen LogP contribution in [0.3, 0.4) is 0 Å². The molecule has 0 aromatic carbocycles. The summed E-state index contributed by atoms with van der Waals surface area (Å²) in [6, 6.07) is 3.15. The van der Waals surface area contributed by atoms with Gasteiger partial charge in [-0.2, -0.15) is 0 Å². The molecule has 0 bridgehead atoms. The summed E-state index contributed by atoms with van der Waals surface area (Å²) in [7, 11) is -3.58. The Morgan fingerprint density at radius 1 is 1.45 bits per heavy atom. The van der Waals surface area contributed by atoms with Crippen molar-refractivity contribution in [3.05, 3.63) is 17.5 Å². The van der Waals surface area contributed by atoms with Crippen LogP contribution >= 0.6 is 11.3 Å². The molecule has 2 N–H and O–H groups in total. The van der Waals surface area contributed by atoms with Crippen LogP contribution < -0.4 is 10.0 Å². The van der Waals surface area contributed by atoms with Gasteiger partial charge in [0, 0.05) is 13.2 Å². The van der Waals surface area contributed by atoms with Crippen LogP contribution in [0.5, 0.6) is 0 Å². The lowest BCUT2D eigenvalue weighted by atomic mass is 10.1. The van der Waals surface area contributed by atoms with Crippen LogP contribution in [-0.4, -0.2) is 40.1 Å². The molecule has 2 heterocycles. The van der Waals surface area contributed by atoms with E-state index in [4.69, 9.17) is 4.74 Å². The quantitative estimate of drug-likeness (QED) is 0.809. The van der Waals surface area contributed by atoms with E-state index in [0.29, 0.717) is 6.54 Å². The van der Waals surface area contributed by atoms with E-state index >= 15 is 0 Å². The van der Waals surface area contributed by atoms with Crippen molar-refractivity contribution < 1.29 is 17.9 Å². The molecule has 20 heavy (non-hydrogen) atoms. The highest BCUT2D eigenvalue weighted by molar-refractivity contribution is 7.91. The number of carbonyl (C=O) groups excluding carboxylic acids is 1. The fraction of sp³-hybridized carbons (Fsp3) is 0.583. The Balaban J connectivity index is 1.72. The van der Waals surface area contributed by atoms with E-state index in [1.807, 2.05) is 0 Å². The van der Waals surface area contributed by atoms with E-state index in [0.717, 1.165) is 37.2 Å². The van der Waals surface area contributed by atoms with Gasteiger partial charge in [-0.1, -0.05) is 6.07 Å². The Hall–Kier alpha value is -0.960. The second kappa shape index (κ2) is 7.16. The highest BCUT2D eigenvalue weighted by atomic mass is 32.2. The lowest BCUT2D eigenvalue weighted by Gasteiger charge is -2.22. The molecular formula is C12H18N2O4S2. The van der Waals surface area contributed by atoms with Gasteiger partial charge in [0.05, 0.1) is 12.6 Å². The summed E-state index contributed by atoms with van der Waals surface area (Å²) in [5.74, 6) is -0.348. The largest absolute Gasteiger partial charge is 0.376 e. The lowest BCUT2D eigenvalue weighted by Crippen LogP contribution is -2.41. The van der Waals surface area contributed by atoms with Gasteiger partial charge in [-0.15, -0.1) is 11.3 Å². The van der Waals surface area contributed by atoms with E-state index in [9.17, 15) is 13.2 Å². The number of amides is 1. The maximum atomic E-state index is 11.8. The first-order chi connectivity index (χ1) is 9.58. The number of nitrogens with one attached hydrogen (secondary N) is 2. The second-order valence-electron chi connectivity index (χ2n) is 4.55. The minimum atomic E-state index is -3.58. The zero-order valence-electron chi connectivity index (χ0n) is 11.0. The lowest BCUT2D eigenvalue weighted by molar-refractivity contribution is -0.120. The van der Waals surface area contributed by atoms with Crippen molar-refractivity contribution in [2.75, 3.05) is 19.7 Å². The third-order valence-corrected chi connectivity index (χ3v) is 5.78. The average Bonchev–Trinajstić information content (AvgIpc) is 2.99. The van der Waals surface area contributed by atoms with Crippen molar-refractivity contribution in [3.8, 4) is 0 Å². The van der Waals surface area contributed by atoms with E-state index in [2.05, 4.69) is 10.0 Å². The summed E-state index contributed by atoms with van der Waals surface area (Å²) in [5.41, 5.74) is 0. The first-order valence-electron chi connectivity index (χ1n) is 6.49. The van der Waals surface area contributed by atoms with Gasteiger partial charge in [-0.05, 0) is 30.7 Å². The van der Waals surface area contributed by atoms with E-state index in [-0.39, 0.29) is 22.8 Å². The molecule has 1 aliphatic rings. The van der Waals surface area contributed by atoms with Crippen molar-refractivity contribution in [1.29, 1.82) is 0 Å². The van der Waals surface area contributed by atoms with Gasteiger partial charge in [-0.3, -0.25) is 4.79 Å². The minimum absolute atomic E-state index is 0.0432. The van der Waals surface area contributed by atoms with Gasteiger partial charge in [0.25, 0.3) is 10.0 Å². The molecule has 112 valence electrons. The average molecular weight is 318 g/mol. The predicted octanol–water partition coefficient (Wildman–Crippen LogP) is 0.712. The molecule has 0 radical (unpaired) electrons. The molecule has 1 aromatic heterocycles. The van der Waals surface area contributed by atoms with Crippen molar-refractivity contribution in [3.63, 3.8) is 0 Å². The molecule has 1 unspecified atom stereocenters. The van der Waals surface area contributed by atoms with Crippen LogP contribution in [0.1, 0.15) is 19.3 Å². The summed E-state index contributed by atoms with van der Waals surface area (Å²) in [6.45, 7) is 0.901. The molecule has 1 saturated heterocycles. The highest BCUT2D eigenvalue weighted by Gasteiger charge is 2.18. The Bertz CT molecular complexity index is 522. The van der Waals surface area contributed by atoms with Crippen molar-refractivity contribution >= 4 is 27.3 Å². The fourth-order valence-corrected chi connectivity index (χ4v) is 3.93. The van der Waals surface area contributed by atoms with E-state index < -0.39 is 10.0 Å². The molecule has 1 aliphatic heterocycles. The molecule has 2 rings (SSSR count). The molecule has 8 heteroatoms. The van der Waals surface area contributed by atoms with Crippen LogP contribution in [0.15, 0.2) is 21.7 Å². The normalized spacial score (nSPS) is 19.7. The molecular weight excluding hydrogens is 300 g/mol. The van der Waals surface area contributed by atoms with E-state index in [1.165, 1.54) is 6.07 Å². The van der Waals surface area contributed by atoms with Crippen LogP contribution in [-0.2, 0) is 19.6 Å². The zero-order chi connectivity index (χ0) is 14.4. The van der Waals surface area contributed by atoms with Crippen LogP contribution in [0.4, 0.5) is 0 Å². The van der Waals surface area contributed by atoms with Crippen molar-refractivity contribution in [2.24, 2.45) is 0 Å². The van der Waals surface area contributed by atoms with Crippen LogP contribution in [0.25, 0.3) is 0 Å². The second-order valence-corrected chi connectivity index (χ2v) is 7.49. The first kappa shape index (κ1) is 15.4. The summed E-state index contributed by atoms with van der Waals surface area (Å²) in [5, 5.41) is 4.36. The number of hydrogen-bond acceptors (Lipinski definition) is 5. The smallest absolute Gasteiger partial charge is 0.250 e. The van der Waals surface area contributed by atoms with Crippen LogP contribution in [0, 0.1) is 0 Å². The summed E-state index contributed by atoms with van der Waals surface area (Å²) in [6.07, 6.45) is 3.14. The zero-order valence-corrected chi connectivity index (χ0v) is 12.6. The molecule has 6 nitrogen and oxygen atoms in total. The van der Waals surface area contributed by atoms with Crippen molar-refractivity contribution in [2.45, 2.75) is 29.6 Å². The molecule has 0 saturated carbocycles.